The lowest BCUT2D eigenvalue weighted by molar-refractivity contribution is 0.197. The minimum atomic E-state index is -0.227. The number of halogens is 1. The van der Waals surface area contributed by atoms with Crippen molar-refractivity contribution in [2.45, 2.75) is 19.1 Å². The van der Waals surface area contributed by atoms with Crippen LogP contribution in [0.4, 0.5) is 4.39 Å². The first-order chi connectivity index (χ1) is 12.3. The molecule has 0 saturated carbocycles. The molecular formula is C19H18FN3OS. The predicted molar refractivity (Wildman–Crippen MR) is 96.1 cm³/mol. The summed E-state index contributed by atoms with van der Waals surface area (Å²) in [5.41, 5.74) is 1.54. The fourth-order valence-electron chi connectivity index (χ4n) is 3.01. The van der Waals surface area contributed by atoms with Gasteiger partial charge in [-0.2, -0.15) is 0 Å². The molecule has 3 heterocycles. The SMILES string of the molecule is Fc1ccccc1-c1nc(CN2CCC(Oc3cccnc3)C2)cs1. The van der Waals surface area contributed by atoms with Crippen LogP contribution in [-0.2, 0) is 6.54 Å². The van der Waals surface area contributed by atoms with E-state index in [1.165, 1.54) is 17.4 Å². The molecule has 1 aromatic carbocycles. The lowest BCUT2D eigenvalue weighted by Crippen LogP contribution is -2.24. The first-order valence-electron chi connectivity index (χ1n) is 8.26. The van der Waals surface area contributed by atoms with Crippen molar-refractivity contribution in [1.29, 1.82) is 0 Å². The van der Waals surface area contributed by atoms with E-state index in [2.05, 4.69) is 14.9 Å². The van der Waals surface area contributed by atoms with Gasteiger partial charge in [0.1, 0.15) is 22.7 Å². The van der Waals surface area contributed by atoms with Crippen LogP contribution >= 0.6 is 11.3 Å². The van der Waals surface area contributed by atoms with E-state index in [4.69, 9.17) is 4.74 Å². The van der Waals surface area contributed by atoms with E-state index in [1.807, 2.05) is 23.6 Å². The molecule has 0 radical (unpaired) electrons. The Labute approximate surface area is 149 Å². The van der Waals surface area contributed by atoms with Crippen molar-refractivity contribution >= 4 is 11.3 Å². The second-order valence-corrected chi connectivity index (χ2v) is 6.93. The molecular weight excluding hydrogens is 337 g/mol. The predicted octanol–water partition coefficient (Wildman–Crippen LogP) is 4.00. The fourth-order valence-corrected chi connectivity index (χ4v) is 3.85. The number of aromatic nitrogens is 2. The second kappa shape index (κ2) is 7.29. The molecule has 1 atom stereocenters. The highest BCUT2D eigenvalue weighted by atomic mass is 32.1. The van der Waals surface area contributed by atoms with Crippen LogP contribution in [0.3, 0.4) is 0 Å². The molecule has 4 nitrogen and oxygen atoms in total. The molecule has 6 heteroatoms. The lowest BCUT2D eigenvalue weighted by atomic mass is 10.2. The van der Waals surface area contributed by atoms with Crippen molar-refractivity contribution in [3.8, 4) is 16.3 Å². The number of hydrogen-bond donors (Lipinski definition) is 0. The summed E-state index contributed by atoms with van der Waals surface area (Å²) in [4.78, 5) is 11.0. The number of likely N-dealkylation sites (tertiary alicyclic amines) is 1. The lowest BCUT2D eigenvalue weighted by Gasteiger charge is -2.15. The summed E-state index contributed by atoms with van der Waals surface area (Å²) in [6.07, 6.45) is 4.64. The molecule has 0 N–H and O–H groups in total. The summed E-state index contributed by atoms with van der Waals surface area (Å²) >= 11 is 1.49. The van der Waals surface area contributed by atoms with Crippen molar-refractivity contribution < 1.29 is 9.13 Å². The number of nitrogens with zero attached hydrogens (tertiary/aromatic N) is 3. The number of thiazole rings is 1. The monoisotopic (exact) mass is 355 g/mol. The molecule has 0 aliphatic carbocycles. The van der Waals surface area contributed by atoms with Gasteiger partial charge in [0.25, 0.3) is 0 Å². The second-order valence-electron chi connectivity index (χ2n) is 6.08. The fraction of sp³-hybridized carbons (Fsp3) is 0.263. The van der Waals surface area contributed by atoms with Crippen molar-refractivity contribution in [3.05, 3.63) is 65.7 Å². The molecule has 1 unspecified atom stereocenters. The van der Waals surface area contributed by atoms with Gasteiger partial charge in [-0.1, -0.05) is 12.1 Å². The summed E-state index contributed by atoms with van der Waals surface area (Å²) < 4.78 is 19.8. The van der Waals surface area contributed by atoms with Crippen LogP contribution in [0, 0.1) is 5.82 Å². The highest BCUT2D eigenvalue weighted by molar-refractivity contribution is 7.13. The summed E-state index contributed by atoms with van der Waals surface area (Å²) in [6, 6.07) is 10.6. The van der Waals surface area contributed by atoms with Gasteiger partial charge < -0.3 is 4.74 Å². The smallest absolute Gasteiger partial charge is 0.138 e. The Bertz CT molecular complexity index is 839. The van der Waals surface area contributed by atoms with E-state index < -0.39 is 0 Å². The highest BCUT2D eigenvalue weighted by Crippen LogP contribution is 2.27. The molecule has 1 aliphatic rings. The molecule has 3 aromatic rings. The maximum atomic E-state index is 13.9. The van der Waals surface area contributed by atoms with Crippen molar-refractivity contribution in [1.82, 2.24) is 14.9 Å². The van der Waals surface area contributed by atoms with Gasteiger partial charge in [0.05, 0.1) is 11.9 Å². The van der Waals surface area contributed by atoms with Gasteiger partial charge in [-0.05, 0) is 30.7 Å². The zero-order chi connectivity index (χ0) is 17.1. The van der Waals surface area contributed by atoms with E-state index in [0.29, 0.717) is 5.56 Å². The average Bonchev–Trinajstić information content (AvgIpc) is 3.26. The molecule has 1 aliphatic heterocycles. The minimum Gasteiger partial charge on any atom is -0.487 e. The van der Waals surface area contributed by atoms with Crippen LogP contribution in [0.2, 0.25) is 0 Å². The standard InChI is InChI=1S/C19H18FN3OS/c20-18-6-2-1-5-17(18)19-22-14(13-25-19)11-23-9-7-16(12-23)24-15-4-3-8-21-10-15/h1-6,8,10,13,16H,7,9,11-12H2. The Morgan fingerprint density at radius 1 is 1.24 bits per heavy atom. The van der Waals surface area contributed by atoms with Crippen molar-refractivity contribution in [2.75, 3.05) is 13.1 Å². The number of rotatable bonds is 5. The van der Waals surface area contributed by atoms with Gasteiger partial charge in [-0.15, -0.1) is 11.3 Å². The summed E-state index contributed by atoms with van der Waals surface area (Å²) in [5, 5.41) is 2.74. The Balaban J connectivity index is 1.37. The molecule has 128 valence electrons. The van der Waals surface area contributed by atoms with Crippen LogP contribution < -0.4 is 4.74 Å². The van der Waals surface area contributed by atoms with Crippen LogP contribution in [0.1, 0.15) is 12.1 Å². The molecule has 2 aromatic heterocycles. The van der Waals surface area contributed by atoms with Gasteiger partial charge in [0.2, 0.25) is 0 Å². The van der Waals surface area contributed by atoms with Crippen molar-refractivity contribution in [2.24, 2.45) is 0 Å². The molecule has 0 spiro atoms. The zero-order valence-corrected chi connectivity index (χ0v) is 14.5. The third-order valence-electron chi connectivity index (χ3n) is 4.21. The van der Waals surface area contributed by atoms with Crippen molar-refractivity contribution in [3.63, 3.8) is 0 Å². The minimum absolute atomic E-state index is 0.175. The summed E-state index contributed by atoms with van der Waals surface area (Å²) in [5.74, 6) is 0.583. The van der Waals surface area contributed by atoms with Crippen LogP contribution in [0.25, 0.3) is 10.6 Å². The number of pyridine rings is 1. The van der Waals surface area contributed by atoms with E-state index in [-0.39, 0.29) is 11.9 Å². The molecule has 0 bridgehead atoms. The quantitative estimate of drug-likeness (QED) is 0.693. The van der Waals surface area contributed by atoms with Gasteiger partial charge in [-0.3, -0.25) is 9.88 Å². The summed E-state index contributed by atoms with van der Waals surface area (Å²) in [6.45, 7) is 2.59. The van der Waals surface area contributed by atoms with E-state index in [0.717, 1.165) is 42.5 Å². The topological polar surface area (TPSA) is 38.2 Å². The third-order valence-corrected chi connectivity index (χ3v) is 5.13. The number of hydrogen-bond acceptors (Lipinski definition) is 5. The van der Waals surface area contributed by atoms with E-state index >= 15 is 0 Å². The van der Waals surface area contributed by atoms with Crippen LogP contribution in [0.15, 0.2) is 54.2 Å². The maximum Gasteiger partial charge on any atom is 0.138 e. The molecule has 4 rings (SSSR count). The van der Waals surface area contributed by atoms with Gasteiger partial charge in [0, 0.05) is 36.8 Å². The van der Waals surface area contributed by atoms with Gasteiger partial charge in [0.15, 0.2) is 0 Å². The number of ether oxygens (including phenoxy) is 1. The first-order valence-corrected chi connectivity index (χ1v) is 9.14. The normalized spacial score (nSPS) is 17.7. The van der Waals surface area contributed by atoms with Crippen LogP contribution in [0.5, 0.6) is 5.75 Å². The molecule has 1 saturated heterocycles. The molecule has 1 fully saturated rings. The third kappa shape index (κ3) is 3.86. The Morgan fingerprint density at radius 2 is 2.16 bits per heavy atom. The Hall–Kier alpha value is -2.31. The van der Waals surface area contributed by atoms with E-state index in [9.17, 15) is 4.39 Å². The first kappa shape index (κ1) is 16.2. The van der Waals surface area contributed by atoms with Gasteiger partial charge >= 0.3 is 0 Å². The Kier molecular flexibility index (Phi) is 4.72. The molecule has 0 amide bonds. The Morgan fingerprint density at radius 3 is 3.00 bits per heavy atom. The molecule has 25 heavy (non-hydrogen) atoms. The maximum absolute atomic E-state index is 13.9. The zero-order valence-electron chi connectivity index (χ0n) is 13.6. The summed E-state index contributed by atoms with van der Waals surface area (Å²) in [7, 11) is 0. The number of benzene rings is 1. The highest BCUT2D eigenvalue weighted by Gasteiger charge is 2.24. The van der Waals surface area contributed by atoms with Crippen LogP contribution in [-0.4, -0.2) is 34.1 Å². The van der Waals surface area contributed by atoms with E-state index in [1.54, 1.807) is 24.5 Å². The average molecular weight is 355 g/mol. The van der Waals surface area contributed by atoms with Gasteiger partial charge in [-0.25, -0.2) is 9.37 Å². The largest absolute Gasteiger partial charge is 0.487 e.